The lowest BCUT2D eigenvalue weighted by atomic mass is 9.82. The molecule has 1 aliphatic carbocycles. The quantitative estimate of drug-likeness (QED) is 0.125. The second kappa shape index (κ2) is 21.5. The van der Waals surface area contributed by atoms with Gasteiger partial charge in [-0.2, -0.15) is 0 Å². The van der Waals surface area contributed by atoms with E-state index in [0.29, 0.717) is 57.3 Å². The predicted molar refractivity (Wildman–Crippen MR) is 216 cm³/mol. The molecule has 0 aromatic heterocycles. The van der Waals surface area contributed by atoms with Gasteiger partial charge in [0.1, 0.15) is 24.9 Å². The minimum absolute atomic E-state index is 0.0850. The largest absolute Gasteiger partial charge is 0.456 e. The van der Waals surface area contributed by atoms with E-state index in [1.165, 1.54) is 4.90 Å². The number of piperidine rings is 1. The van der Waals surface area contributed by atoms with E-state index in [9.17, 15) is 29.7 Å². The van der Waals surface area contributed by atoms with E-state index in [-0.39, 0.29) is 49.7 Å². The van der Waals surface area contributed by atoms with Gasteiger partial charge in [-0.05, 0) is 109 Å². The van der Waals surface area contributed by atoms with Crippen molar-refractivity contribution in [3.05, 3.63) is 23.3 Å². The van der Waals surface area contributed by atoms with Gasteiger partial charge in [-0.1, -0.05) is 50.6 Å². The summed E-state index contributed by atoms with van der Waals surface area (Å²) in [5.74, 6) is -6.57. The molecule has 4 rings (SSSR count). The predicted octanol–water partition coefficient (Wildman–Crippen LogP) is 5.67. The zero-order chi connectivity index (χ0) is 42.0. The standard InChI is InChI=1S/C44H72N2O11/c1-10-32-21-26(3)20-27(4)22-37(53-8)40-38(54-9)24-29(6)44(52,57-40)41(49)42(50)46-19-13-12-14-35(46)43(51)56-39(28(5)23-31-15-17-33(47)18-16-31)30(7)36(48)25-34(32)45-55-11-2/h21,23,27,29-33,35-40,47-48,52H,10-20,22,24-25H2,1-9H3/b26-21+,28-23+,45-34-/t27-,29+,30+,31-,32+,33-,35-,36-,37-,38-,39+,40+,44+/m0/s1. The average Bonchev–Trinajstić information content (AvgIpc) is 3.19. The molecule has 0 unspecified atom stereocenters. The van der Waals surface area contributed by atoms with Gasteiger partial charge < -0.3 is 44.0 Å². The number of ketones is 1. The topological polar surface area (TPSA) is 174 Å². The Labute approximate surface area is 340 Å². The number of aliphatic hydroxyl groups is 3. The first-order valence-electron chi connectivity index (χ1n) is 21.5. The maximum Gasteiger partial charge on any atom is 0.329 e. The number of amides is 1. The van der Waals surface area contributed by atoms with Crippen molar-refractivity contribution < 1.29 is 53.5 Å². The summed E-state index contributed by atoms with van der Waals surface area (Å²) in [7, 11) is 3.11. The third kappa shape index (κ3) is 11.8. The minimum Gasteiger partial charge on any atom is -0.456 e. The van der Waals surface area contributed by atoms with Gasteiger partial charge in [0.25, 0.3) is 11.7 Å². The van der Waals surface area contributed by atoms with Gasteiger partial charge in [0.15, 0.2) is 0 Å². The molecular weight excluding hydrogens is 732 g/mol. The Kier molecular flexibility index (Phi) is 17.8. The van der Waals surface area contributed by atoms with Gasteiger partial charge in [-0.3, -0.25) is 9.59 Å². The molecule has 4 aliphatic rings. The highest BCUT2D eigenvalue weighted by Crippen LogP contribution is 2.39. The van der Waals surface area contributed by atoms with Crippen LogP contribution in [-0.4, -0.2) is 119 Å². The highest BCUT2D eigenvalue weighted by Gasteiger charge is 2.56. The molecule has 0 radical (unpaired) electrons. The van der Waals surface area contributed by atoms with Crippen LogP contribution in [-0.2, 0) is 38.2 Å². The van der Waals surface area contributed by atoms with Crippen LogP contribution in [0.15, 0.2) is 28.5 Å². The van der Waals surface area contributed by atoms with Crippen molar-refractivity contribution in [1.29, 1.82) is 0 Å². The molecule has 2 bridgehead atoms. The zero-order valence-corrected chi connectivity index (χ0v) is 36.0. The smallest absolute Gasteiger partial charge is 0.329 e. The van der Waals surface area contributed by atoms with Crippen molar-refractivity contribution in [2.45, 2.75) is 174 Å². The van der Waals surface area contributed by atoms with Crippen molar-refractivity contribution in [2.75, 3.05) is 27.4 Å². The van der Waals surface area contributed by atoms with E-state index in [1.807, 2.05) is 20.8 Å². The van der Waals surface area contributed by atoms with Crippen LogP contribution < -0.4 is 0 Å². The Morgan fingerprint density at radius 3 is 2.28 bits per heavy atom. The van der Waals surface area contributed by atoms with E-state index in [0.717, 1.165) is 24.0 Å². The molecule has 0 spiro atoms. The highest BCUT2D eigenvalue weighted by atomic mass is 16.7. The van der Waals surface area contributed by atoms with Crippen LogP contribution >= 0.6 is 0 Å². The van der Waals surface area contributed by atoms with Gasteiger partial charge in [-0.15, -0.1) is 0 Å². The maximum atomic E-state index is 14.4. The minimum atomic E-state index is -2.48. The Morgan fingerprint density at radius 2 is 1.65 bits per heavy atom. The van der Waals surface area contributed by atoms with Crippen LogP contribution in [0.5, 0.6) is 0 Å². The molecule has 2 saturated heterocycles. The van der Waals surface area contributed by atoms with Gasteiger partial charge in [-0.25, -0.2) is 4.79 Å². The maximum absolute atomic E-state index is 14.4. The number of methoxy groups -OCH3 is 2. The summed E-state index contributed by atoms with van der Waals surface area (Å²) in [6.07, 6.45) is 6.89. The summed E-state index contributed by atoms with van der Waals surface area (Å²) in [4.78, 5) is 49.7. The zero-order valence-electron chi connectivity index (χ0n) is 36.0. The number of cyclic esters (lactones) is 1. The molecule has 57 heavy (non-hydrogen) atoms. The molecule has 1 amide bonds. The summed E-state index contributed by atoms with van der Waals surface area (Å²) in [5, 5.41) is 38.7. The van der Waals surface area contributed by atoms with E-state index in [4.69, 9.17) is 23.8 Å². The first-order chi connectivity index (χ1) is 27.1. The fourth-order valence-electron chi connectivity index (χ4n) is 9.38. The number of Topliss-reactive ketones (excluding diaryl/α,β-unsaturated/α-hetero) is 1. The van der Waals surface area contributed by atoms with E-state index >= 15 is 0 Å². The van der Waals surface area contributed by atoms with Crippen LogP contribution in [0.3, 0.4) is 0 Å². The molecule has 3 aliphatic heterocycles. The molecule has 3 N–H and O–H groups in total. The van der Waals surface area contributed by atoms with Crippen LogP contribution in [0.2, 0.25) is 0 Å². The number of esters is 1. The number of allylic oxidation sites excluding steroid dienone is 3. The molecule has 0 aromatic carbocycles. The summed E-state index contributed by atoms with van der Waals surface area (Å²) in [6, 6.07) is -1.08. The van der Waals surface area contributed by atoms with Crippen molar-refractivity contribution in [3.63, 3.8) is 0 Å². The Bertz CT molecular complexity index is 1440. The van der Waals surface area contributed by atoms with E-state index in [2.05, 4.69) is 38.1 Å². The first kappa shape index (κ1) is 47.0. The third-order valence-corrected chi connectivity index (χ3v) is 12.9. The lowest BCUT2D eigenvalue weighted by Crippen LogP contribution is -2.64. The average molecular weight is 805 g/mol. The number of carbonyl (C=O) groups is 3. The molecule has 3 fully saturated rings. The number of fused-ring (bicyclic) bond motifs is 3. The number of ether oxygens (including phenoxy) is 4. The van der Waals surface area contributed by atoms with Crippen molar-refractivity contribution in [1.82, 2.24) is 4.90 Å². The lowest BCUT2D eigenvalue weighted by Gasteiger charge is -2.47. The van der Waals surface area contributed by atoms with Gasteiger partial charge in [0.2, 0.25) is 5.79 Å². The number of rotatable bonds is 7. The molecule has 13 heteroatoms. The van der Waals surface area contributed by atoms with Crippen LogP contribution in [0, 0.1) is 29.6 Å². The summed E-state index contributed by atoms with van der Waals surface area (Å²) >= 11 is 0. The summed E-state index contributed by atoms with van der Waals surface area (Å²) in [5.41, 5.74) is 2.57. The van der Waals surface area contributed by atoms with Gasteiger partial charge in [0, 0.05) is 44.9 Å². The van der Waals surface area contributed by atoms with Crippen molar-refractivity contribution >= 4 is 23.4 Å². The molecule has 11 atom stereocenters. The number of carbonyl (C=O) groups excluding carboxylic acids is 3. The number of oxime groups is 1. The van der Waals surface area contributed by atoms with Crippen LogP contribution in [0.1, 0.15) is 126 Å². The number of hydrogen-bond donors (Lipinski definition) is 3. The van der Waals surface area contributed by atoms with E-state index in [1.54, 1.807) is 21.1 Å². The molecule has 0 aromatic rings. The van der Waals surface area contributed by atoms with E-state index < -0.39 is 71.8 Å². The Hall–Kier alpha value is -2.68. The molecule has 3 heterocycles. The lowest BCUT2D eigenvalue weighted by molar-refractivity contribution is -0.302. The van der Waals surface area contributed by atoms with Crippen LogP contribution in [0.25, 0.3) is 0 Å². The molecule has 1 saturated carbocycles. The van der Waals surface area contributed by atoms with Gasteiger partial charge in [0.05, 0.1) is 30.1 Å². The summed E-state index contributed by atoms with van der Waals surface area (Å²) < 4.78 is 24.5. The second-order valence-corrected chi connectivity index (χ2v) is 17.3. The molecule has 324 valence electrons. The fraction of sp³-hybridized carbons (Fsp3) is 0.818. The van der Waals surface area contributed by atoms with Crippen molar-refractivity contribution in [3.8, 4) is 0 Å². The SMILES string of the molecule is CCO/N=C1/C[C@H](O)[C@@H](C)[C@@H](/C(C)=C/[C@H]2CC[C@H](O)CC2)OC(=O)[C@@H]2CCCCN2C(=O)C(=O)[C@]2(O)O[C@H]([C@@H](OC)C[C@@H](C)C/C(C)=C/[C@H]1CC)[C@@H](OC)C[C@H]2C. The van der Waals surface area contributed by atoms with Crippen molar-refractivity contribution in [2.24, 2.45) is 34.7 Å². The summed E-state index contributed by atoms with van der Waals surface area (Å²) in [6.45, 7) is 14.0. The van der Waals surface area contributed by atoms with Gasteiger partial charge >= 0.3 is 5.97 Å². The number of hydrogen-bond acceptors (Lipinski definition) is 12. The second-order valence-electron chi connectivity index (χ2n) is 17.3. The fourth-order valence-corrected chi connectivity index (χ4v) is 9.38. The molecular formula is C44H72N2O11. The highest BCUT2D eigenvalue weighted by molar-refractivity contribution is 6.39. The third-order valence-electron chi connectivity index (χ3n) is 12.9. The first-order valence-corrected chi connectivity index (χ1v) is 21.5. The molecule has 13 nitrogen and oxygen atoms in total. The Balaban J connectivity index is 1.81. The van der Waals surface area contributed by atoms with Crippen LogP contribution in [0.4, 0.5) is 0 Å². The number of nitrogens with zero attached hydrogens (tertiary/aromatic N) is 2. The Morgan fingerprint density at radius 1 is 0.982 bits per heavy atom. The monoisotopic (exact) mass is 805 g/mol. The number of aliphatic hydroxyl groups excluding tert-OH is 2. The normalized spacial score (nSPS) is 40.4.